The zero-order valence-corrected chi connectivity index (χ0v) is 16.8. The van der Waals surface area contributed by atoms with Crippen LogP contribution < -0.4 is 9.47 Å². The van der Waals surface area contributed by atoms with E-state index < -0.39 is 10.3 Å². The highest BCUT2D eigenvalue weighted by atomic mass is 16.6. The second-order valence-electron chi connectivity index (χ2n) is 7.33. The average Bonchev–Trinajstić information content (AvgIpc) is 2.69. The van der Waals surface area contributed by atoms with Crippen molar-refractivity contribution in [2.24, 2.45) is 5.41 Å². The minimum atomic E-state index is -0.674. The monoisotopic (exact) mass is 394 g/mol. The van der Waals surface area contributed by atoms with Gasteiger partial charge in [0.15, 0.2) is 11.5 Å². The third-order valence-corrected chi connectivity index (χ3v) is 4.11. The zero-order chi connectivity index (χ0) is 21.6. The molecule has 0 bridgehead atoms. The van der Waals surface area contributed by atoms with Crippen molar-refractivity contribution in [2.45, 2.75) is 27.4 Å². The number of benzene rings is 2. The number of hydrogen-bond donors (Lipinski definition) is 0. The summed E-state index contributed by atoms with van der Waals surface area (Å²) in [6.07, 6.45) is 1.52. The molecule has 0 saturated heterocycles. The van der Waals surface area contributed by atoms with E-state index in [0.29, 0.717) is 16.9 Å². The summed E-state index contributed by atoms with van der Waals surface area (Å²) in [4.78, 5) is 23.0. The van der Waals surface area contributed by atoms with Gasteiger partial charge in [-0.25, -0.2) is 0 Å². The van der Waals surface area contributed by atoms with Crippen LogP contribution in [0.4, 0.5) is 5.69 Å². The van der Waals surface area contributed by atoms with Gasteiger partial charge in [0.1, 0.15) is 18.4 Å². The average molecular weight is 394 g/mol. The smallest absolute Gasteiger partial charge is 0.310 e. The van der Waals surface area contributed by atoms with Crippen molar-refractivity contribution in [3.05, 3.63) is 69.3 Å². The standard InChI is InChI=1S/C22H22N2O5/c1-22(2,3)21(25)16(13-23)11-15-9-10-19(28-4)17(12-15)14-29-20-8-6-5-7-18(20)24(26)27/h5-12H,14H2,1-4H3/b16-11+. The van der Waals surface area contributed by atoms with E-state index in [-0.39, 0.29) is 29.4 Å². The molecular formula is C22H22N2O5. The maximum absolute atomic E-state index is 12.4. The number of hydrogen-bond acceptors (Lipinski definition) is 6. The van der Waals surface area contributed by atoms with Crippen LogP contribution in [0.3, 0.4) is 0 Å². The summed E-state index contributed by atoms with van der Waals surface area (Å²) in [5.74, 6) is 0.413. The van der Waals surface area contributed by atoms with Gasteiger partial charge in [0, 0.05) is 17.0 Å². The predicted octanol–water partition coefficient (Wildman–Crippen LogP) is 4.70. The molecule has 0 heterocycles. The molecule has 0 unspecified atom stereocenters. The number of allylic oxidation sites excluding steroid dienone is 1. The SMILES string of the molecule is COc1ccc(/C=C(\C#N)C(=O)C(C)(C)C)cc1COc1ccccc1[N+](=O)[O-]. The van der Waals surface area contributed by atoms with E-state index >= 15 is 0 Å². The Balaban J connectivity index is 2.35. The number of ketones is 1. The number of nitro groups is 1. The quantitative estimate of drug-likeness (QED) is 0.292. The lowest BCUT2D eigenvalue weighted by Crippen LogP contribution is -2.21. The minimum Gasteiger partial charge on any atom is -0.496 e. The van der Waals surface area contributed by atoms with Crippen LogP contribution in [0.1, 0.15) is 31.9 Å². The van der Waals surface area contributed by atoms with Gasteiger partial charge < -0.3 is 9.47 Å². The number of nitriles is 1. The molecule has 2 aromatic carbocycles. The van der Waals surface area contributed by atoms with Gasteiger partial charge >= 0.3 is 5.69 Å². The Bertz CT molecular complexity index is 997. The molecule has 2 rings (SSSR count). The fourth-order valence-electron chi connectivity index (χ4n) is 2.61. The summed E-state index contributed by atoms with van der Waals surface area (Å²) in [6.45, 7) is 5.27. The lowest BCUT2D eigenvalue weighted by molar-refractivity contribution is -0.385. The number of nitrogens with zero attached hydrogens (tertiary/aromatic N) is 2. The highest BCUT2D eigenvalue weighted by molar-refractivity contribution is 6.06. The molecule has 7 heteroatoms. The summed E-state index contributed by atoms with van der Waals surface area (Å²) in [5.41, 5.74) is 0.492. The molecule has 150 valence electrons. The molecule has 0 aliphatic carbocycles. The van der Waals surface area contributed by atoms with Crippen LogP contribution >= 0.6 is 0 Å². The van der Waals surface area contributed by atoms with E-state index in [9.17, 15) is 20.2 Å². The third kappa shape index (κ3) is 5.42. The minimum absolute atomic E-state index is 0.0187. The molecule has 0 aromatic heterocycles. The molecule has 7 nitrogen and oxygen atoms in total. The Kier molecular flexibility index (Phi) is 6.73. The first-order chi connectivity index (χ1) is 13.7. The second kappa shape index (κ2) is 9.02. The molecule has 2 aromatic rings. The number of carbonyl (C=O) groups is 1. The van der Waals surface area contributed by atoms with Crippen molar-refractivity contribution < 1.29 is 19.2 Å². The van der Waals surface area contributed by atoms with Gasteiger partial charge in [-0.2, -0.15) is 5.26 Å². The van der Waals surface area contributed by atoms with Gasteiger partial charge in [0.25, 0.3) is 0 Å². The van der Waals surface area contributed by atoms with Crippen LogP contribution in [0.25, 0.3) is 6.08 Å². The molecule has 0 saturated carbocycles. The van der Waals surface area contributed by atoms with Crippen molar-refractivity contribution >= 4 is 17.5 Å². The topological polar surface area (TPSA) is 102 Å². The fraction of sp³-hybridized carbons (Fsp3) is 0.273. The first-order valence-corrected chi connectivity index (χ1v) is 8.87. The van der Waals surface area contributed by atoms with Crippen molar-refractivity contribution in [3.63, 3.8) is 0 Å². The van der Waals surface area contributed by atoms with Crippen molar-refractivity contribution in [1.29, 1.82) is 5.26 Å². The van der Waals surface area contributed by atoms with Crippen LogP contribution in [-0.4, -0.2) is 17.8 Å². The largest absolute Gasteiger partial charge is 0.496 e. The number of nitro benzene ring substituents is 1. The van der Waals surface area contributed by atoms with Gasteiger partial charge in [0.2, 0.25) is 0 Å². The second-order valence-corrected chi connectivity index (χ2v) is 7.33. The van der Waals surface area contributed by atoms with Crippen LogP contribution in [0, 0.1) is 26.9 Å². The Morgan fingerprint density at radius 3 is 2.48 bits per heavy atom. The van der Waals surface area contributed by atoms with Crippen molar-refractivity contribution in [2.75, 3.05) is 7.11 Å². The van der Waals surface area contributed by atoms with Gasteiger partial charge in [-0.05, 0) is 29.8 Å². The van der Waals surface area contributed by atoms with Crippen LogP contribution in [-0.2, 0) is 11.4 Å². The first-order valence-electron chi connectivity index (χ1n) is 8.87. The highest BCUT2D eigenvalue weighted by Gasteiger charge is 2.25. The van der Waals surface area contributed by atoms with Gasteiger partial charge in [-0.3, -0.25) is 14.9 Å². The highest BCUT2D eigenvalue weighted by Crippen LogP contribution is 2.29. The number of rotatable bonds is 7. The Labute approximate surface area is 169 Å². The Hall–Kier alpha value is -3.66. The molecule has 0 N–H and O–H groups in total. The zero-order valence-electron chi connectivity index (χ0n) is 16.8. The molecule has 0 fully saturated rings. The maximum Gasteiger partial charge on any atom is 0.310 e. The number of para-hydroxylation sites is 2. The molecule has 0 amide bonds. The van der Waals surface area contributed by atoms with Crippen LogP contribution in [0.5, 0.6) is 11.5 Å². The van der Waals surface area contributed by atoms with Crippen LogP contribution in [0.2, 0.25) is 0 Å². The Morgan fingerprint density at radius 1 is 1.21 bits per heavy atom. The number of methoxy groups -OCH3 is 1. The number of Topliss-reactive ketones (excluding diaryl/α,β-unsaturated/α-hetero) is 1. The normalized spacial score (nSPS) is 11.5. The Morgan fingerprint density at radius 2 is 1.90 bits per heavy atom. The van der Waals surface area contributed by atoms with E-state index in [2.05, 4.69) is 0 Å². The molecule has 0 radical (unpaired) electrons. The summed E-state index contributed by atoms with van der Waals surface area (Å²) in [6, 6.07) is 13.2. The summed E-state index contributed by atoms with van der Waals surface area (Å²) < 4.78 is 11.0. The van der Waals surface area contributed by atoms with Gasteiger partial charge in [0.05, 0.1) is 17.6 Å². The van der Waals surface area contributed by atoms with Crippen molar-refractivity contribution in [1.82, 2.24) is 0 Å². The lowest BCUT2D eigenvalue weighted by atomic mass is 9.86. The molecular weight excluding hydrogens is 372 g/mol. The van der Waals surface area contributed by atoms with E-state index in [1.807, 2.05) is 6.07 Å². The van der Waals surface area contributed by atoms with Crippen LogP contribution in [0.15, 0.2) is 48.0 Å². The van der Waals surface area contributed by atoms with E-state index in [1.165, 1.54) is 25.3 Å². The molecule has 0 spiro atoms. The lowest BCUT2D eigenvalue weighted by Gasteiger charge is -2.15. The molecule has 29 heavy (non-hydrogen) atoms. The summed E-state index contributed by atoms with van der Waals surface area (Å²) in [5, 5.41) is 20.5. The van der Waals surface area contributed by atoms with E-state index in [0.717, 1.165) is 0 Å². The number of carbonyl (C=O) groups excluding carboxylic acids is 1. The molecule has 0 atom stereocenters. The molecule has 0 aliphatic heterocycles. The third-order valence-electron chi connectivity index (χ3n) is 4.11. The van der Waals surface area contributed by atoms with Gasteiger partial charge in [-0.15, -0.1) is 0 Å². The number of ether oxygens (including phenoxy) is 2. The summed E-state index contributed by atoms with van der Waals surface area (Å²) >= 11 is 0. The predicted molar refractivity (Wildman–Crippen MR) is 108 cm³/mol. The van der Waals surface area contributed by atoms with E-state index in [4.69, 9.17) is 9.47 Å². The van der Waals surface area contributed by atoms with Gasteiger partial charge in [-0.1, -0.05) is 39.0 Å². The fourth-order valence-corrected chi connectivity index (χ4v) is 2.61. The van der Waals surface area contributed by atoms with E-state index in [1.54, 1.807) is 51.1 Å². The van der Waals surface area contributed by atoms with Crippen molar-refractivity contribution in [3.8, 4) is 17.6 Å². The summed E-state index contributed by atoms with van der Waals surface area (Å²) in [7, 11) is 1.50. The maximum atomic E-state index is 12.4. The first kappa shape index (κ1) is 21.6. The molecule has 0 aliphatic rings.